The minimum Gasteiger partial charge on any atom is -0.369 e. The molecule has 0 aliphatic carbocycles. The lowest BCUT2D eigenvalue weighted by Crippen LogP contribution is -2.22. The molecule has 7 heteroatoms. The second kappa shape index (κ2) is 7.48. The molecule has 3 aromatic rings. The van der Waals surface area contributed by atoms with Crippen LogP contribution in [0.1, 0.15) is 40.2 Å². The van der Waals surface area contributed by atoms with Gasteiger partial charge in [-0.15, -0.1) is 0 Å². The van der Waals surface area contributed by atoms with E-state index in [-0.39, 0.29) is 23.8 Å². The molecule has 1 amide bonds. The van der Waals surface area contributed by atoms with Crippen molar-refractivity contribution in [3.63, 3.8) is 0 Å². The summed E-state index contributed by atoms with van der Waals surface area (Å²) >= 11 is 0. The number of hydrogen-bond acceptors (Lipinski definition) is 4. The Morgan fingerprint density at radius 3 is 2.59 bits per heavy atom. The summed E-state index contributed by atoms with van der Waals surface area (Å²) in [4.78, 5) is 26.1. The van der Waals surface area contributed by atoms with Crippen LogP contribution in [-0.2, 0) is 21.1 Å². The Morgan fingerprint density at radius 1 is 1.14 bits per heavy atom. The van der Waals surface area contributed by atoms with E-state index in [4.69, 9.17) is 5.73 Å². The van der Waals surface area contributed by atoms with E-state index in [0.29, 0.717) is 18.4 Å². The van der Waals surface area contributed by atoms with Crippen LogP contribution in [0, 0.1) is 0 Å². The van der Waals surface area contributed by atoms with Gasteiger partial charge in [-0.05, 0) is 59.2 Å². The molecule has 0 atom stereocenters. The molecule has 29 heavy (non-hydrogen) atoms. The molecule has 0 saturated carbocycles. The van der Waals surface area contributed by atoms with E-state index in [0.717, 1.165) is 39.4 Å². The van der Waals surface area contributed by atoms with Crippen LogP contribution in [0.25, 0.3) is 22.0 Å². The van der Waals surface area contributed by atoms with Crippen molar-refractivity contribution < 1.29 is 18.0 Å². The normalized spacial score (nSPS) is 16.7. The highest BCUT2D eigenvalue weighted by Gasteiger charge is 2.27. The molecular weight excluding hydrogens is 388 g/mol. The number of aromatic nitrogens is 1. The zero-order valence-electron chi connectivity index (χ0n) is 15.9. The van der Waals surface area contributed by atoms with E-state index in [1.165, 1.54) is 0 Å². The molecule has 0 spiro atoms. The predicted octanol–water partition coefficient (Wildman–Crippen LogP) is 2.97. The number of nitrogens with one attached hydrogen (secondary N) is 1. The van der Waals surface area contributed by atoms with Crippen LogP contribution in [0.3, 0.4) is 0 Å². The number of nitrogens with two attached hydrogens (primary N) is 1. The van der Waals surface area contributed by atoms with E-state index in [1.807, 2.05) is 36.5 Å². The zero-order valence-corrected chi connectivity index (χ0v) is 16.7. The van der Waals surface area contributed by atoms with Crippen LogP contribution in [0.2, 0.25) is 0 Å². The molecule has 6 nitrogen and oxygen atoms in total. The van der Waals surface area contributed by atoms with Crippen LogP contribution in [0.5, 0.6) is 0 Å². The monoisotopic (exact) mass is 410 g/mol. The molecule has 1 aliphatic heterocycles. The lowest BCUT2D eigenvalue weighted by molar-refractivity contribution is -0.117. The molecule has 3 N–H and O–H groups in total. The first-order valence-electron chi connectivity index (χ1n) is 9.54. The Labute approximate surface area is 169 Å². The van der Waals surface area contributed by atoms with Crippen LogP contribution in [0.15, 0.2) is 42.6 Å². The zero-order chi connectivity index (χ0) is 20.6. The summed E-state index contributed by atoms with van der Waals surface area (Å²) in [7, 11) is -2.95. The first kappa shape index (κ1) is 19.4. The number of carbonyl (C=O) groups is 2. The lowest BCUT2D eigenvalue weighted by Gasteiger charge is -2.21. The average Bonchev–Trinajstić information content (AvgIpc) is 3.12. The number of H-pyrrole nitrogens is 1. The third-order valence-corrected chi connectivity index (χ3v) is 7.33. The van der Waals surface area contributed by atoms with Gasteiger partial charge in [0.25, 0.3) is 0 Å². The maximum absolute atomic E-state index is 11.8. The fourth-order valence-corrected chi connectivity index (χ4v) is 5.64. The molecule has 150 valence electrons. The van der Waals surface area contributed by atoms with E-state index in [1.54, 1.807) is 6.07 Å². The Bertz CT molecular complexity index is 1200. The third kappa shape index (κ3) is 3.96. The van der Waals surface area contributed by atoms with Crippen LogP contribution < -0.4 is 5.73 Å². The van der Waals surface area contributed by atoms with Crippen LogP contribution in [-0.4, -0.2) is 37.1 Å². The molecule has 1 aromatic heterocycles. The SMILES string of the molecule is NC(=O)Cc1cc(-c2cccc(C=O)c2)cc2c(C3CCS(=O)(=O)CC3)c[nH]c12. The van der Waals surface area contributed by atoms with Crippen molar-refractivity contribution in [2.75, 3.05) is 11.5 Å². The van der Waals surface area contributed by atoms with Gasteiger partial charge in [-0.3, -0.25) is 9.59 Å². The molecule has 1 aliphatic rings. The van der Waals surface area contributed by atoms with Gasteiger partial charge in [0.05, 0.1) is 17.9 Å². The van der Waals surface area contributed by atoms with Crippen molar-refractivity contribution in [3.8, 4) is 11.1 Å². The van der Waals surface area contributed by atoms with Gasteiger partial charge in [0.2, 0.25) is 5.91 Å². The fraction of sp³-hybridized carbons (Fsp3) is 0.273. The maximum Gasteiger partial charge on any atom is 0.221 e. The van der Waals surface area contributed by atoms with Crippen LogP contribution in [0.4, 0.5) is 0 Å². The van der Waals surface area contributed by atoms with Gasteiger partial charge < -0.3 is 10.7 Å². The summed E-state index contributed by atoms with van der Waals surface area (Å²) in [5.41, 5.74) is 10.5. The van der Waals surface area contributed by atoms with Gasteiger partial charge in [-0.1, -0.05) is 18.2 Å². The summed E-state index contributed by atoms with van der Waals surface area (Å²) < 4.78 is 23.6. The average molecular weight is 410 g/mol. The topological polar surface area (TPSA) is 110 Å². The summed E-state index contributed by atoms with van der Waals surface area (Å²) in [5, 5.41) is 0.972. The molecular formula is C22H22N2O4S. The quantitative estimate of drug-likeness (QED) is 0.630. The van der Waals surface area contributed by atoms with Crippen molar-refractivity contribution in [2.45, 2.75) is 25.2 Å². The van der Waals surface area contributed by atoms with E-state index in [2.05, 4.69) is 4.98 Å². The smallest absolute Gasteiger partial charge is 0.221 e. The van der Waals surface area contributed by atoms with Gasteiger partial charge in [-0.2, -0.15) is 0 Å². The number of primary amides is 1. The molecule has 2 aromatic carbocycles. The fourth-order valence-electron chi connectivity index (χ4n) is 4.15. The van der Waals surface area contributed by atoms with E-state index in [9.17, 15) is 18.0 Å². The summed E-state index contributed by atoms with van der Waals surface area (Å²) in [6.07, 6.45) is 3.99. The Hall–Kier alpha value is -2.93. The van der Waals surface area contributed by atoms with Crippen LogP contribution >= 0.6 is 0 Å². The van der Waals surface area contributed by atoms with Crippen molar-refractivity contribution in [3.05, 3.63) is 59.3 Å². The van der Waals surface area contributed by atoms with Gasteiger partial charge in [0.1, 0.15) is 16.1 Å². The minimum absolute atomic E-state index is 0.0940. The number of amides is 1. The summed E-state index contributed by atoms with van der Waals surface area (Å²) in [5.74, 6) is 0.106. The first-order valence-corrected chi connectivity index (χ1v) is 11.4. The highest BCUT2D eigenvalue weighted by atomic mass is 32.2. The standard InChI is InChI=1S/C22H22N2O4S/c23-21(26)11-18-9-17(16-3-1-2-14(8-16)13-25)10-19-20(12-24-22(18)19)15-4-6-29(27,28)7-5-15/h1-3,8-10,12-13,15,24H,4-7,11H2,(H2,23,26). The number of sulfone groups is 1. The van der Waals surface area contributed by atoms with Crippen molar-refractivity contribution in [1.29, 1.82) is 0 Å². The van der Waals surface area contributed by atoms with Gasteiger partial charge in [-0.25, -0.2) is 8.42 Å². The highest BCUT2D eigenvalue weighted by Crippen LogP contribution is 2.37. The number of carbonyl (C=O) groups excluding carboxylic acids is 2. The second-order valence-electron chi connectivity index (χ2n) is 7.61. The van der Waals surface area contributed by atoms with Crippen molar-refractivity contribution >= 4 is 32.9 Å². The van der Waals surface area contributed by atoms with Gasteiger partial charge >= 0.3 is 0 Å². The number of rotatable bonds is 5. The molecule has 0 radical (unpaired) electrons. The molecule has 1 saturated heterocycles. The van der Waals surface area contributed by atoms with Crippen molar-refractivity contribution in [1.82, 2.24) is 4.98 Å². The van der Waals surface area contributed by atoms with Crippen molar-refractivity contribution in [2.24, 2.45) is 5.73 Å². The Kier molecular flexibility index (Phi) is 5.00. The molecule has 4 rings (SSSR count). The number of benzene rings is 2. The third-order valence-electron chi connectivity index (χ3n) is 5.62. The second-order valence-corrected chi connectivity index (χ2v) is 9.92. The molecule has 1 fully saturated rings. The lowest BCUT2D eigenvalue weighted by atomic mass is 9.90. The maximum atomic E-state index is 11.8. The summed E-state index contributed by atoms with van der Waals surface area (Å²) in [6.45, 7) is 0. The van der Waals surface area contributed by atoms with E-state index < -0.39 is 15.7 Å². The van der Waals surface area contributed by atoms with E-state index >= 15 is 0 Å². The highest BCUT2D eigenvalue weighted by molar-refractivity contribution is 7.91. The minimum atomic E-state index is -2.95. The molecule has 2 heterocycles. The number of aromatic amines is 1. The van der Waals surface area contributed by atoms with Gasteiger partial charge in [0.15, 0.2) is 0 Å². The van der Waals surface area contributed by atoms with Gasteiger partial charge in [0, 0.05) is 22.7 Å². The Balaban J connectivity index is 1.85. The number of aldehydes is 1. The first-order chi connectivity index (χ1) is 13.9. The molecule has 0 unspecified atom stereocenters. The number of fused-ring (bicyclic) bond motifs is 1. The Morgan fingerprint density at radius 2 is 1.90 bits per heavy atom. The largest absolute Gasteiger partial charge is 0.369 e. The summed E-state index contributed by atoms with van der Waals surface area (Å²) in [6, 6.07) is 11.2. The molecule has 0 bridgehead atoms. The predicted molar refractivity (Wildman–Crippen MR) is 113 cm³/mol. The number of hydrogen-bond donors (Lipinski definition) is 2.